The van der Waals surface area contributed by atoms with Gasteiger partial charge in [0.2, 0.25) is 0 Å². The van der Waals surface area contributed by atoms with Gasteiger partial charge in [-0.1, -0.05) is 0 Å². The van der Waals surface area contributed by atoms with Crippen molar-refractivity contribution in [3.8, 4) is 12.3 Å². The molecule has 2 N–H and O–H groups in total. The Morgan fingerprint density at radius 3 is 2.92 bits per heavy atom. The molecule has 3 atom stereocenters. The van der Waals surface area contributed by atoms with Gasteiger partial charge in [-0.25, -0.2) is 0 Å². The zero-order chi connectivity index (χ0) is 9.68. The van der Waals surface area contributed by atoms with Crippen molar-refractivity contribution in [2.24, 2.45) is 5.73 Å². The van der Waals surface area contributed by atoms with E-state index >= 15 is 0 Å². The average Bonchev–Trinajstić information content (AvgIpc) is 2.52. The molecule has 0 bridgehead atoms. The lowest BCUT2D eigenvalue weighted by molar-refractivity contribution is 0.0384. The fraction of sp³-hybridized carbons (Fsp3) is 0.818. The third kappa shape index (κ3) is 3.38. The Labute approximate surface area is 80.8 Å². The molecule has 74 valence electrons. The minimum Gasteiger partial charge on any atom is -0.374 e. The lowest BCUT2D eigenvalue weighted by Gasteiger charge is -2.18. The van der Waals surface area contributed by atoms with E-state index in [1.165, 1.54) is 0 Å². The van der Waals surface area contributed by atoms with Crippen molar-refractivity contribution in [2.45, 2.75) is 57.3 Å². The minimum absolute atomic E-state index is 0.179. The number of ether oxygens (including phenoxy) is 1. The highest BCUT2D eigenvalue weighted by atomic mass is 16.5. The Kier molecular flexibility index (Phi) is 4.27. The summed E-state index contributed by atoms with van der Waals surface area (Å²) in [6.07, 6.45) is 10.9. The summed E-state index contributed by atoms with van der Waals surface area (Å²) in [6.45, 7) is 2.11. The minimum atomic E-state index is 0.179. The van der Waals surface area contributed by atoms with E-state index in [4.69, 9.17) is 16.9 Å². The van der Waals surface area contributed by atoms with Gasteiger partial charge in [-0.15, -0.1) is 12.3 Å². The molecular formula is C11H19NO. The zero-order valence-electron chi connectivity index (χ0n) is 8.33. The lowest BCUT2D eigenvalue weighted by atomic mass is 10.0. The molecule has 13 heavy (non-hydrogen) atoms. The summed E-state index contributed by atoms with van der Waals surface area (Å²) in [5, 5.41) is 0. The maximum absolute atomic E-state index is 5.99. The molecular weight excluding hydrogens is 162 g/mol. The van der Waals surface area contributed by atoms with Crippen molar-refractivity contribution in [3.05, 3.63) is 0 Å². The highest BCUT2D eigenvalue weighted by Crippen LogP contribution is 2.22. The Morgan fingerprint density at radius 1 is 1.62 bits per heavy atom. The molecule has 0 saturated carbocycles. The van der Waals surface area contributed by atoms with Crippen molar-refractivity contribution >= 4 is 0 Å². The first kappa shape index (κ1) is 10.6. The molecule has 0 radical (unpaired) electrons. The molecule has 0 aromatic heterocycles. The normalized spacial score (nSPS) is 29.9. The van der Waals surface area contributed by atoms with Gasteiger partial charge in [0.05, 0.1) is 12.2 Å². The number of nitrogens with two attached hydrogens (primary N) is 1. The van der Waals surface area contributed by atoms with Crippen LogP contribution in [0.15, 0.2) is 0 Å². The van der Waals surface area contributed by atoms with Gasteiger partial charge in [0.15, 0.2) is 0 Å². The molecule has 2 heteroatoms. The Balaban J connectivity index is 2.16. The van der Waals surface area contributed by atoms with Crippen LogP contribution in [0.3, 0.4) is 0 Å². The molecule has 1 fully saturated rings. The van der Waals surface area contributed by atoms with Crippen molar-refractivity contribution in [1.82, 2.24) is 0 Å². The fourth-order valence-electron chi connectivity index (χ4n) is 1.77. The second-order valence-corrected chi connectivity index (χ2v) is 3.82. The van der Waals surface area contributed by atoms with E-state index in [1.54, 1.807) is 0 Å². The monoisotopic (exact) mass is 181 g/mol. The first-order chi connectivity index (χ1) is 6.24. The topological polar surface area (TPSA) is 35.2 Å². The summed E-state index contributed by atoms with van der Waals surface area (Å²) in [6, 6.07) is 0.179. The van der Waals surface area contributed by atoms with Crippen molar-refractivity contribution in [2.75, 3.05) is 0 Å². The van der Waals surface area contributed by atoms with E-state index in [1.807, 2.05) is 0 Å². The summed E-state index contributed by atoms with van der Waals surface area (Å²) >= 11 is 0. The predicted octanol–water partition coefficient (Wildman–Crippen LogP) is 1.68. The molecule has 0 aliphatic carbocycles. The van der Waals surface area contributed by atoms with Crippen LogP contribution in [0.5, 0.6) is 0 Å². The summed E-state index contributed by atoms with van der Waals surface area (Å²) < 4.78 is 5.68. The van der Waals surface area contributed by atoms with Gasteiger partial charge in [-0.3, -0.25) is 0 Å². The van der Waals surface area contributed by atoms with Gasteiger partial charge in [0.25, 0.3) is 0 Å². The second kappa shape index (κ2) is 5.26. The number of rotatable bonds is 4. The first-order valence-electron chi connectivity index (χ1n) is 5.08. The Morgan fingerprint density at radius 2 is 2.38 bits per heavy atom. The van der Waals surface area contributed by atoms with Crippen LogP contribution in [0.1, 0.15) is 39.0 Å². The van der Waals surface area contributed by atoms with Crippen molar-refractivity contribution in [1.29, 1.82) is 0 Å². The maximum atomic E-state index is 5.99. The van der Waals surface area contributed by atoms with Gasteiger partial charge in [-0.2, -0.15) is 0 Å². The second-order valence-electron chi connectivity index (χ2n) is 3.82. The van der Waals surface area contributed by atoms with E-state index in [0.717, 1.165) is 32.1 Å². The number of terminal acetylenes is 1. The predicted molar refractivity (Wildman–Crippen MR) is 54.2 cm³/mol. The molecule has 1 aliphatic rings. The van der Waals surface area contributed by atoms with Crippen LogP contribution in [0.25, 0.3) is 0 Å². The number of unbranched alkanes of at least 4 members (excludes halogenated alkanes) is 1. The van der Waals surface area contributed by atoms with Crippen LogP contribution < -0.4 is 5.73 Å². The van der Waals surface area contributed by atoms with Gasteiger partial charge >= 0.3 is 0 Å². The third-order valence-electron chi connectivity index (χ3n) is 2.60. The van der Waals surface area contributed by atoms with Gasteiger partial charge in [0.1, 0.15) is 0 Å². The average molecular weight is 181 g/mol. The van der Waals surface area contributed by atoms with Gasteiger partial charge in [-0.05, 0) is 32.6 Å². The summed E-state index contributed by atoms with van der Waals surface area (Å²) in [5.74, 6) is 2.63. The van der Waals surface area contributed by atoms with Crippen LogP contribution in [0, 0.1) is 12.3 Å². The Bertz CT molecular complexity index is 185. The molecule has 1 saturated heterocycles. The Hall–Kier alpha value is -0.520. The quantitative estimate of drug-likeness (QED) is 0.529. The van der Waals surface area contributed by atoms with E-state index in [9.17, 15) is 0 Å². The van der Waals surface area contributed by atoms with Crippen molar-refractivity contribution < 1.29 is 4.74 Å². The van der Waals surface area contributed by atoms with Crippen LogP contribution in [-0.4, -0.2) is 18.2 Å². The van der Waals surface area contributed by atoms with Crippen molar-refractivity contribution in [3.63, 3.8) is 0 Å². The molecule has 2 nitrogen and oxygen atoms in total. The summed E-state index contributed by atoms with van der Waals surface area (Å²) in [4.78, 5) is 0. The highest BCUT2D eigenvalue weighted by Gasteiger charge is 2.26. The summed E-state index contributed by atoms with van der Waals surface area (Å²) in [5.41, 5.74) is 5.99. The van der Waals surface area contributed by atoms with Crippen LogP contribution in [0.2, 0.25) is 0 Å². The van der Waals surface area contributed by atoms with Gasteiger partial charge < -0.3 is 10.5 Å². The molecule has 0 aromatic carbocycles. The SMILES string of the molecule is C#CCCCC(N)C1CCC(C)O1. The summed E-state index contributed by atoms with van der Waals surface area (Å²) in [7, 11) is 0. The molecule has 0 spiro atoms. The molecule has 3 unspecified atom stereocenters. The molecule has 0 amide bonds. The smallest absolute Gasteiger partial charge is 0.0730 e. The van der Waals surface area contributed by atoms with E-state index in [-0.39, 0.29) is 12.1 Å². The number of hydrogen-bond donors (Lipinski definition) is 1. The molecule has 1 rings (SSSR count). The van der Waals surface area contributed by atoms with Gasteiger partial charge in [0, 0.05) is 12.5 Å². The van der Waals surface area contributed by atoms with Crippen LogP contribution >= 0.6 is 0 Å². The largest absolute Gasteiger partial charge is 0.374 e. The fourth-order valence-corrected chi connectivity index (χ4v) is 1.77. The standard InChI is InChI=1S/C11H19NO/c1-3-4-5-6-10(12)11-8-7-9(2)13-11/h1,9-11H,4-8,12H2,2H3. The zero-order valence-corrected chi connectivity index (χ0v) is 8.33. The number of hydrogen-bond acceptors (Lipinski definition) is 2. The highest BCUT2D eigenvalue weighted by molar-refractivity contribution is 4.85. The van der Waals surface area contributed by atoms with Crippen LogP contribution in [-0.2, 0) is 4.74 Å². The maximum Gasteiger partial charge on any atom is 0.0730 e. The van der Waals surface area contributed by atoms with E-state index in [2.05, 4.69) is 12.8 Å². The van der Waals surface area contributed by atoms with Crippen LogP contribution in [0.4, 0.5) is 0 Å². The first-order valence-corrected chi connectivity index (χ1v) is 5.08. The molecule has 1 aliphatic heterocycles. The third-order valence-corrected chi connectivity index (χ3v) is 2.60. The molecule has 0 aromatic rings. The molecule has 1 heterocycles. The van der Waals surface area contributed by atoms with E-state index < -0.39 is 0 Å². The lowest BCUT2D eigenvalue weighted by Crippen LogP contribution is -2.34. The van der Waals surface area contributed by atoms with E-state index in [0.29, 0.717) is 6.10 Å².